The topological polar surface area (TPSA) is 75.3 Å². The maximum atomic E-state index is 12.4. The normalized spacial score (nSPS) is 13.5. The predicted octanol–water partition coefficient (Wildman–Crippen LogP) is 3.97. The highest BCUT2D eigenvalue weighted by Crippen LogP contribution is 2.23. The first-order valence-corrected chi connectivity index (χ1v) is 9.74. The van der Waals surface area contributed by atoms with Gasteiger partial charge in [0.25, 0.3) is 0 Å². The summed E-state index contributed by atoms with van der Waals surface area (Å²) in [5, 5.41) is 5.65. The van der Waals surface area contributed by atoms with E-state index in [1.807, 2.05) is 43.3 Å². The van der Waals surface area contributed by atoms with Gasteiger partial charge in [0, 0.05) is 31.0 Å². The standard InChI is InChI=1S/C23H26N2O3/c1-15(18-6-4-8-21(14-18)25-16(2)26)24-23(28)12-11-22(27)20-10-9-17-5-3-7-19(17)13-20/h4,6,8-10,13-15H,3,5,7,11-12H2,1-2H3,(H,24,28)(H,25,26). The molecule has 0 bridgehead atoms. The van der Waals surface area contributed by atoms with Gasteiger partial charge in [-0.2, -0.15) is 0 Å². The second-order valence-corrected chi connectivity index (χ2v) is 7.36. The van der Waals surface area contributed by atoms with Crippen LogP contribution >= 0.6 is 0 Å². The quantitative estimate of drug-likeness (QED) is 0.716. The van der Waals surface area contributed by atoms with Gasteiger partial charge in [-0.15, -0.1) is 0 Å². The number of carbonyl (C=O) groups excluding carboxylic acids is 3. The van der Waals surface area contributed by atoms with Crippen molar-refractivity contribution in [2.45, 2.75) is 52.0 Å². The van der Waals surface area contributed by atoms with Crippen LogP contribution in [0.25, 0.3) is 0 Å². The van der Waals surface area contributed by atoms with Gasteiger partial charge in [0.15, 0.2) is 5.78 Å². The average Bonchev–Trinajstić information content (AvgIpc) is 3.13. The number of nitrogens with one attached hydrogen (secondary N) is 2. The van der Waals surface area contributed by atoms with Crippen molar-refractivity contribution < 1.29 is 14.4 Å². The fraction of sp³-hybridized carbons (Fsp3) is 0.348. The zero-order valence-electron chi connectivity index (χ0n) is 16.4. The van der Waals surface area contributed by atoms with Gasteiger partial charge in [-0.3, -0.25) is 14.4 Å². The minimum atomic E-state index is -0.212. The zero-order valence-corrected chi connectivity index (χ0v) is 16.4. The summed E-state index contributed by atoms with van der Waals surface area (Å²) in [5.74, 6) is -0.295. The maximum Gasteiger partial charge on any atom is 0.221 e. The zero-order chi connectivity index (χ0) is 20.1. The lowest BCUT2D eigenvalue weighted by molar-refractivity contribution is -0.121. The number of fused-ring (bicyclic) bond motifs is 1. The van der Waals surface area contributed by atoms with E-state index in [1.54, 1.807) is 6.07 Å². The number of benzene rings is 2. The van der Waals surface area contributed by atoms with Crippen LogP contribution in [0.3, 0.4) is 0 Å². The Morgan fingerprint density at radius 2 is 1.79 bits per heavy atom. The molecule has 0 aliphatic heterocycles. The Morgan fingerprint density at radius 1 is 1.00 bits per heavy atom. The molecule has 146 valence electrons. The minimum Gasteiger partial charge on any atom is -0.350 e. The van der Waals surface area contributed by atoms with Crippen LogP contribution in [0, 0.1) is 0 Å². The van der Waals surface area contributed by atoms with Gasteiger partial charge in [0.2, 0.25) is 11.8 Å². The van der Waals surface area contributed by atoms with Crippen molar-refractivity contribution in [1.82, 2.24) is 5.32 Å². The molecule has 1 aliphatic carbocycles. The van der Waals surface area contributed by atoms with Gasteiger partial charge in [-0.05, 0) is 61.1 Å². The molecule has 5 nitrogen and oxygen atoms in total. The molecular formula is C23H26N2O3. The third kappa shape index (κ3) is 5.06. The maximum absolute atomic E-state index is 12.4. The van der Waals surface area contributed by atoms with E-state index in [9.17, 15) is 14.4 Å². The molecule has 5 heteroatoms. The van der Waals surface area contributed by atoms with Gasteiger partial charge in [-0.25, -0.2) is 0 Å². The summed E-state index contributed by atoms with van der Waals surface area (Å²) in [7, 11) is 0. The molecule has 0 heterocycles. The lowest BCUT2D eigenvalue weighted by atomic mass is 10.0. The summed E-state index contributed by atoms with van der Waals surface area (Å²) in [4.78, 5) is 35.9. The molecule has 1 atom stereocenters. The molecule has 0 saturated carbocycles. The van der Waals surface area contributed by atoms with Gasteiger partial charge in [0.1, 0.15) is 0 Å². The van der Waals surface area contributed by atoms with E-state index in [-0.39, 0.29) is 36.5 Å². The second-order valence-electron chi connectivity index (χ2n) is 7.36. The average molecular weight is 378 g/mol. The third-order valence-electron chi connectivity index (χ3n) is 5.08. The van der Waals surface area contributed by atoms with Crippen LogP contribution < -0.4 is 10.6 Å². The van der Waals surface area contributed by atoms with Crippen molar-refractivity contribution in [3.63, 3.8) is 0 Å². The summed E-state index contributed by atoms with van der Waals surface area (Å²) in [5.41, 5.74) is 4.89. The van der Waals surface area contributed by atoms with E-state index < -0.39 is 0 Å². The number of carbonyl (C=O) groups is 3. The number of anilines is 1. The summed E-state index contributed by atoms with van der Waals surface area (Å²) in [6.07, 6.45) is 3.63. The molecule has 1 unspecified atom stereocenters. The minimum absolute atomic E-state index is 0.00478. The fourth-order valence-electron chi connectivity index (χ4n) is 3.60. The Bertz CT molecular complexity index is 904. The van der Waals surface area contributed by atoms with Crippen LogP contribution in [0.1, 0.15) is 66.2 Å². The number of hydrogen-bond acceptors (Lipinski definition) is 3. The Morgan fingerprint density at radius 3 is 2.57 bits per heavy atom. The molecule has 0 fully saturated rings. The number of rotatable bonds is 7. The first-order valence-electron chi connectivity index (χ1n) is 9.74. The van der Waals surface area contributed by atoms with Gasteiger partial charge in [0.05, 0.1) is 6.04 Å². The van der Waals surface area contributed by atoms with E-state index >= 15 is 0 Å². The van der Waals surface area contributed by atoms with Crippen LogP contribution in [0.15, 0.2) is 42.5 Å². The molecule has 2 aromatic rings. The van der Waals surface area contributed by atoms with E-state index in [2.05, 4.69) is 10.6 Å². The summed E-state index contributed by atoms with van der Waals surface area (Å²) in [6.45, 7) is 3.34. The smallest absolute Gasteiger partial charge is 0.221 e. The van der Waals surface area contributed by atoms with Gasteiger partial charge < -0.3 is 10.6 Å². The van der Waals surface area contributed by atoms with Crippen molar-refractivity contribution in [3.05, 3.63) is 64.7 Å². The van der Waals surface area contributed by atoms with Crippen LogP contribution in [0.4, 0.5) is 5.69 Å². The second kappa shape index (κ2) is 8.83. The molecule has 28 heavy (non-hydrogen) atoms. The molecule has 0 saturated heterocycles. The molecule has 2 N–H and O–H groups in total. The van der Waals surface area contributed by atoms with Gasteiger partial charge in [-0.1, -0.05) is 24.3 Å². The lowest BCUT2D eigenvalue weighted by Crippen LogP contribution is -2.27. The van der Waals surface area contributed by atoms with E-state index in [4.69, 9.17) is 0 Å². The van der Waals surface area contributed by atoms with Crippen molar-refractivity contribution in [1.29, 1.82) is 0 Å². The number of Topliss-reactive ketones (excluding diaryl/α,β-unsaturated/α-hetero) is 1. The number of aryl methyl sites for hydroxylation is 2. The summed E-state index contributed by atoms with van der Waals surface area (Å²) >= 11 is 0. The van der Waals surface area contributed by atoms with Crippen molar-refractivity contribution in [3.8, 4) is 0 Å². The Labute approximate surface area is 165 Å². The Kier molecular flexibility index (Phi) is 6.24. The molecular weight excluding hydrogens is 352 g/mol. The lowest BCUT2D eigenvalue weighted by Gasteiger charge is -2.15. The van der Waals surface area contributed by atoms with E-state index in [1.165, 1.54) is 18.1 Å². The predicted molar refractivity (Wildman–Crippen MR) is 109 cm³/mol. The van der Waals surface area contributed by atoms with Gasteiger partial charge >= 0.3 is 0 Å². The molecule has 1 aliphatic rings. The number of hydrogen-bond donors (Lipinski definition) is 2. The van der Waals surface area contributed by atoms with E-state index in [0.29, 0.717) is 11.3 Å². The Balaban J connectivity index is 1.52. The summed E-state index contributed by atoms with van der Waals surface area (Å²) < 4.78 is 0. The number of ketones is 1. The van der Waals surface area contributed by atoms with Crippen LogP contribution in [-0.4, -0.2) is 17.6 Å². The van der Waals surface area contributed by atoms with Crippen LogP contribution in [-0.2, 0) is 22.4 Å². The van der Waals surface area contributed by atoms with E-state index in [0.717, 1.165) is 24.8 Å². The SMILES string of the molecule is CC(=O)Nc1cccc(C(C)NC(=O)CCC(=O)c2ccc3c(c2)CCC3)c1. The monoisotopic (exact) mass is 378 g/mol. The highest BCUT2D eigenvalue weighted by atomic mass is 16.2. The fourth-order valence-corrected chi connectivity index (χ4v) is 3.60. The molecule has 3 rings (SSSR count). The first-order chi connectivity index (χ1) is 13.4. The summed E-state index contributed by atoms with van der Waals surface area (Å²) in [6, 6.07) is 13.1. The molecule has 2 amide bonds. The molecule has 0 radical (unpaired) electrons. The Hall–Kier alpha value is -2.95. The largest absolute Gasteiger partial charge is 0.350 e. The van der Waals surface area contributed by atoms with Crippen molar-refractivity contribution >= 4 is 23.3 Å². The van der Waals surface area contributed by atoms with Crippen LogP contribution in [0.2, 0.25) is 0 Å². The number of amides is 2. The van der Waals surface area contributed by atoms with Crippen LogP contribution in [0.5, 0.6) is 0 Å². The molecule has 0 spiro atoms. The van der Waals surface area contributed by atoms with Crippen molar-refractivity contribution in [2.75, 3.05) is 5.32 Å². The highest BCUT2D eigenvalue weighted by molar-refractivity contribution is 5.98. The first kappa shape index (κ1) is 19.8. The third-order valence-corrected chi connectivity index (χ3v) is 5.08. The van der Waals surface area contributed by atoms with Crippen molar-refractivity contribution in [2.24, 2.45) is 0 Å². The highest BCUT2D eigenvalue weighted by Gasteiger charge is 2.16. The molecule has 2 aromatic carbocycles. The molecule has 0 aromatic heterocycles.